The van der Waals surface area contributed by atoms with Crippen LogP contribution in [0.15, 0.2) is 53.9 Å². The molecule has 21 heavy (non-hydrogen) atoms. The molecule has 4 heteroatoms. The highest BCUT2D eigenvalue weighted by molar-refractivity contribution is 7.13. The Morgan fingerprint density at radius 2 is 1.95 bits per heavy atom. The quantitative estimate of drug-likeness (QED) is 0.731. The van der Waals surface area contributed by atoms with Gasteiger partial charge in [-0.2, -0.15) is 0 Å². The van der Waals surface area contributed by atoms with Crippen molar-refractivity contribution in [3.05, 3.63) is 65.2 Å². The first-order valence-corrected chi connectivity index (χ1v) is 7.59. The van der Waals surface area contributed by atoms with Crippen molar-refractivity contribution in [2.45, 2.75) is 13.5 Å². The average molecular weight is 296 g/mol. The summed E-state index contributed by atoms with van der Waals surface area (Å²) in [4.78, 5) is 4.47. The molecule has 0 radical (unpaired) electrons. The lowest BCUT2D eigenvalue weighted by atomic mass is 10.2. The number of hydrogen-bond acceptors (Lipinski definition) is 4. The number of nitrogens with two attached hydrogens (primary N) is 1. The van der Waals surface area contributed by atoms with E-state index in [4.69, 9.17) is 10.5 Å². The van der Waals surface area contributed by atoms with Gasteiger partial charge in [0, 0.05) is 16.6 Å². The summed E-state index contributed by atoms with van der Waals surface area (Å²) in [6.07, 6.45) is 0. The summed E-state index contributed by atoms with van der Waals surface area (Å²) < 4.78 is 5.78. The number of hydrogen-bond donors (Lipinski definition) is 1. The molecular weight excluding hydrogens is 280 g/mol. The number of thiazole rings is 1. The largest absolute Gasteiger partial charge is 0.487 e. The Labute approximate surface area is 128 Å². The van der Waals surface area contributed by atoms with Gasteiger partial charge in [0.25, 0.3) is 0 Å². The molecule has 0 unspecified atom stereocenters. The van der Waals surface area contributed by atoms with Crippen LogP contribution in [-0.4, -0.2) is 4.98 Å². The van der Waals surface area contributed by atoms with Gasteiger partial charge in [-0.1, -0.05) is 30.3 Å². The molecule has 0 aliphatic carbocycles. The molecule has 1 heterocycles. The van der Waals surface area contributed by atoms with E-state index in [1.165, 1.54) is 0 Å². The molecule has 0 fully saturated rings. The standard InChI is InChI=1S/C17H16N2OS/c1-12-11-21-17(19-12)14-7-8-16(15(18)9-14)20-10-13-5-3-2-4-6-13/h2-9,11H,10,18H2,1H3. The lowest BCUT2D eigenvalue weighted by molar-refractivity contribution is 0.308. The fourth-order valence-corrected chi connectivity index (χ4v) is 2.83. The molecule has 1 aromatic heterocycles. The van der Waals surface area contributed by atoms with Crippen LogP contribution in [0.5, 0.6) is 5.75 Å². The zero-order valence-electron chi connectivity index (χ0n) is 11.7. The first kappa shape index (κ1) is 13.6. The highest BCUT2D eigenvalue weighted by Crippen LogP contribution is 2.30. The Bertz CT molecular complexity index is 738. The number of nitrogen functional groups attached to an aromatic ring is 1. The fourth-order valence-electron chi connectivity index (χ4n) is 2.03. The lowest BCUT2D eigenvalue weighted by Crippen LogP contribution is -1.98. The minimum atomic E-state index is 0.515. The third-order valence-electron chi connectivity index (χ3n) is 3.11. The molecule has 0 bridgehead atoms. The van der Waals surface area contributed by atoms with E-state index in [1.807, 2.05) is 60.8 Å². The molecule has 2 N–H and O–H groups in total. The molecule has 0 aliphatic heterocycles. The molecule has 0 saturated carbocycles. The predicted octanol–water partition coefficient (Wildman–Crippen LogP) is 4.28. The number of nitrogens with zero attached hydrogens (tertiary/aromatic N) is 1. The second-order valence-corrected chi connectivity index (χ2v) is 5.68. The van der Waals surface area contributed by atoms with Crippen molar-refractivity contribution in [3.8, 4) is 16.3 Å². The third-order valence-corrected chi connectivity index (χ3v) is 4.12. The topological polar surface area (TPSA) is 48.1 Å². The van der Waals surface area contributed by atoms with Gasteiger partial charge in [-0.25, -0.2) is 4.98 Å². The Morgan fingerprint density at radius 3 is 2.62 bits per heavy atom. The van der Waals surface area contributed by atoms with E-state index in [-0.39, 0.29) is 0 Å². The van der Waals surface area contributed by atoms with E-state index in [2.05, 4.69) is 4.98 Å². The van der Waals surface area contributed by atoms with Gasteiger partial charge in [-0.05, 0) is 30.7 Å². The smallest absolute Gasteiger partial charge is 0.142 e. The molecule has 0 amide bonds. The van der Waals surface area contributed by atoms with Crippen molar-refractivity contribution in [2.75, 3.05) is 5.73 Å². The van der Waals surface area contributed by atoms with Gasteiger partial charge in [0.05, 0.1) is 5.69 Å². The molecule has 3 rings (SSSR count). The van der Waals surface area contributed by atoms with Crippen molar-refractivity contribution in [3.63, 3.8) is 0 Å². The fraction of sp³-hybridized carbons (Fsp3) is 0.118. The van der Waals surface area contributed by atoms with E-state index >= 15 is 0 Å². The molecule has 2 aromatic carbocycles. The maximum Gasteiger partial charge on any atom is 0.142 e. The van der Waals surface area contributed by atoms with Gasteiger partial charge >= 0.3 is 0 Å². The number of aromatic nitrogens is 1. The minimum absolute atomic E-state index is 0.515. The van der Waals surface area contributed by atoms with Gasteiger partial charge in [-0.15, -0.1) is 11.3 Å². The molecule has 0 atom stereocenters. The van der Waals surface area contributed by atoms with Gasteiger partial charge < -0.3 is 10.5 Å². The van der Waals surface area contributed by atoms with Crippen molar-refractivity contribution in [1.29, 1.82) is 0 Å². The maximum atomic E-state index is 6.08. The van der Waals surface area contributed by atoms with E-state index in [0.29, 0.717) is 18.0 Å². The Morgan fingerprint density at radius 1 is 1.14 bits per heavy atom. The SMILES string of the molecule is Cc1csc(-c2ccc(OCc3ccccc3)c(N)c2)n1. The normalized spacial score (nSPS) is 10.5. The van der Waals surface area contributed by atoms with Gasteiger partial charge in [0.1, 0.15) is 17.4 Å². The van der Waals surface area contributed by atoms with Crippen LogP contribution in [0.25, 0.3) is 10.6 Å². The minimum Gasteiger partial charge on any atom is -0.487 e. The highest BCUT2D eigenvalue weighted by atomic mass is 32.1. The number of benzene rings is 2. The predicted molar refractivity (Wildman–Crippen MR) is 87.5 cm³/mol. The Kier molecular flexibility index (Phi) is 3.88. The third kappa shape index (κ3) is 3.23. The van der Waals surface area contributed by atoms with Crippen LogP contribution in [0.3, 0.4) is 0 Å². The van der Waals surface area contributed by atoms with Crippen LogP contribution in [0.2, 0.25) is 0 Å². The molecule has 3 nitrogen and oxygen atoms in total. The summed E-state index contributed by atoms with van der Waals surface area (Å²) >= 11 is 1.62. The van der Waals surface area contributed by atoms with Crippen molar-refractivity contribution in [1.82, 2.24) is 4.98 Å². The molecule has 0 aliphatic rings. The summed E-state index contributed by atoms with van der Waals surface area (Å²) in [7, 11) is 0. The van der Waals surface area contributed by atoms with Crippen molar-refractivity contribution in [2.24, 2.45) is 0 Å². The molecule has 3 aromatic rings. The van der Waals surface area contributed by atoms with E-state index in [1.54, 1.807) is 11.3 Å². The van der Waals surface area contributed by atoms with Gasteiger partial charge in [0.2, 0.25) is 0 Å². The summed E-state index contributed by atoms with van der Waals surface area (Å²) in [6.45, 7) is 2.50. The number of rotatable bonds is 4. The van der Waals surface area contributed by atoms with Crippen LogP contribution in [0, 0.1) is 6.92 Å². The van der Waals surface area contributed by atoms with Crippen molar-refractivity contribution < 1.29 is 4.74 Å². The zero-order chi connectivity index (χ0) is 14.7. The van der Waals surface area contributed by atoms with E-state index in [9.17, 15) is 0 Å². The first-order valence-electron chi connectivity index (χ1n) is 6.71. The summed E-state index contributed by atoms with van der Waals surface area (Å²) in [6, 6.07) is 15.9. The van der Waals surface area contributed by atoms with E-state index in [0.717, 1.165) is 21.8 Å². The Hall–Kier alpha value is -2.33. The first-order chi connectivity index (χ1) is 10.2. The highest BCUT2D eigenvalue weighted by Gasteiger charge is 2.07. The second kappa shape index (κ2) is 5.97. The lowest BCUT2D eigenvalue weighted by Gasteiger charge is -2.10. The molecule has 0 spiro atoms. The molecule has 0 saturated heterocycles. The summed E-state index contributed by atoms with van der Waals surface area (Å²) in [5.41, 5.74) is 9.89. The zero-order valence-corrected chi connectivity index (χ0v) is 12.6. The number of anilines is 1. The van der Waals surface area contributed by atoms with Gasteiger partial charge in [0.15, 0.2) is 0 Å². The van der Waals surface area contributed by atoms with Gasteiger partial charge in [-0.3, -0.25) is 0 Å². The average Bonchev–Trinajstić information content (AvgIpc) is 2.93. The van der Waals surface area contributed by atoms with E-state index < -0.39 is 0 Å². The van der Waals surface area contributed by atoms with Crippen LogP contribution in [-0.2, 0) is 6.61 Å². The van der Waals surface area contributed by atoms with Crippen LogP contribution < -0.4 is 10.5 Å². The number of aryl methyl sites for hydroxylation is 1. The summed E-state index contributed by atoms with van der Waals surface area (Å²) in [5.74, 6) is 0.705. The Balaban J connectivity index is 1.75. The molecule has 106 valence electrons. The second-order valence-electron chi connectivity index (χ2n) is 4.82. The number of ether oxygens (including phenoxy) is 1. The maximum absolute atomic E-state index is 6.08. The van der Waals surface area contributed by atoms with Crippen molar-refractivity contribution >= 4 is 17.0 Å². The summed E-state index contributed by atoms with van der Waals surface area (Å²) in [5, 5.41) is 3.01. The molecular formula is C17H16N2OS. The van der Waals surface area contributed by atoms with Crippen LogP contribution in [0.1, 0.15) is 11.3 Å². The monoisotopic (exact) mass is 296 g/mol. The van der Waals surface area contributed by atoms with Crippen LogP contribution >= 0.6 is 11.3 Å². The van der Waals surface area contributed by atoms with Crippen LogP contribution in [0.4, 0.5) is 5.69 Å².